The summed E-state index contributed by atoms with van der Waals surface area (Å²) in [5.41, 5.74) is 6.94. The summed E-state index contributed by atoms with van der Waals surface area (Å²) in [7, 11) is -3.63. The van der Waals surface area contributed by atoms with Crippen molar-refractivity contribution < 1.29 is 12.8 Å². The van der Waals surface area contributed by atoms with Crippen molar-refractivity contribution in [2.45, 2.75) is 31.8 Å². The highest BCUT2D eigenvalue weighted by atomic mass is 32.2. The van der Waals surface area contributed by atoms with Gasteiger partial charge >= 0.3 is 0 Å². The molecule has 2 rings (SSSR count). The third kappa shape index (κ3) is 3.24. The Morgan fingerprint density at radius 3 is 2.70 bits per heavy atom. The maximum atomic E-state index is 12.2. The zero-order valence-corrected chi connectivity index (χ0v) is 12.2. The number of rotatable bonds is 5. The molecule has 0 amide bonds. The van der Waals surface area contributed by atoms with Crippen LogP contribution in [0.25, 0.3) is 0 Å². The van der Waals surface area contributed by atoms with Gasteiger partial charge in [0, 0.05) is 11.8 Å². The number of hydrogen-bond donors (Lipinski definition) is 2. The lowest BCUT2D eigenvalue weighted by atomic mass is 10.3. The first-order valence-corrected chi connectivity index (χ1v) is 7.62. The van der Waals surface area contributed by atoms with E-state index in [2.05, 4.69) is 9.71 Å². The average Bonchev–Trinajstić information content (AvgIpc) is 2.79. The van der Waals surface area contributed by atoms with Crippen LogP contribution in [-0.4, -0.2) is 13.4 Å². The minimum Gasteiger partial charge on any atom is -0.464 e. The second-order valence-electron chi connectivity index (χ2n) is 4.43. The Morgan fingerprint density at radius 1 is 1.35 bits per heavy atom. The second kappa shape index (κ2) is 5.74. The summed E-state index contributed by atoms with van der Waals surface area (Å²) in [6.45, 7) is 3.74. The van der Waals surface area contributed by atoms with Crippen LogP contribution in [0.2, 0.25) is 0 Å². The number of nitrogens with zero attached hydrogens (tertiary/aromatic N) is 1. The van der Waals surface area contributed by atoms with E-state index in [1.165, 1.54) is 6.07 Å². The summed E-state index contributed by atoms with van der Waals surface area (Å²) in [6.07, 6.45) is 0. The summed E-state index contributed by atoms with van der Waals surface area (Å²) >= 11 is 0. The summed E-state index contributed by atoms with van der Waals surface area (Å²) in [4.78, 5) is 4.36. The van der Waals surface area contributed by atoms with E-state index in [4.69, 9.17) is 10.2 Å². The fourth-order valence-corrected chi connectivity index (χ4v) is 3.04. The van der Waals surface area contributed by atoms with Gasteiger partial charge in [-0.15, -0.1) is 0 Å². The molecule has 0 atom stereocenters. The van der Waals surface area contributed by atoms with Crippen LogP contribution in [0.1, 0.15) is 22.9 Å². The quantitative estimate of drug-likeness (QED) is 0.864. The number of aromatic nitrogens is 1. The lowest BCUT2D eigenvalue weighted by Crippen LogP contribution is -2.24. The van der Waals surface area contributed by atoms with Crippen molar-refractivity contribution >= 4 is 10.0 Å². The molecule has 0 aliphatic rings. The minimum absolute atomic E-state index is 0.116. The van der Waals surface area contributed by atoms with E-state index < -0.39 is 10.0 Å². The van der Waals surface area contributed by atoms with Crippen LogP contribution in [0.3, 0.4) is 0 Å². The van der Waals surface area contributed by atoms with Gasteiger partial charge in [0.15, 0.2) is 0 Å². The number of hydrogen-bond acceptors (Lipinski definition) is 5. The highest BCUT2D eigenvalue weighted by molar-refractivity contribution is 7.89. The average molecular weight is 295 g/mol. The minimum atomic E-state index is -3.63. The first kappa shape index (κ1) is 14.7. The topological polar surface area (TPSA) is 98.2 Å². The Bertz CT molecular complexity index is 707. The highest BCUT2D eigenvalue weighted by Gasteiger charge is 2.20. The lowest BCUT2D eigenvalue weighted by Gasteiger charge is -2.05. The molecular weight excluding hydrogens is 278 g/mol. The molecule has 0 spiro atoms. The van der Waals surface area contributed by atoms with Gasteiger partial charge in [-0.05, 0) is 26.0 Å². The molecule has 3 N–H and O–H groups in total. The summed E-state index contributed by atoms with van der Waals surface area (Å²) < 4.78 is 32.2. The fourth-order valence-electron chi connectivity index (χ4n) is 1.84. The molecule has 2 heterocycles. The van der Waals surface area contributed by atoms with Crippen molar-refractivity contribution in [2.24, 2.45) is 5.73 Å². The Balaban J connectivity index is 2.17. The Morgan fingerprint density at radius 2 is 2.10 bits per heavy atom. The molecule has 2 aromatic rings. The molecule has 7 heteroatoms. The molecule has 0 aromatic carbocycles. The van der Waals surface area contributed by atoms with Crippen LogP contribution in [0.5, 0.6) is 0 Å². The van der Waals surface area contributed by atoms with Crippen molar-refractivity contribution in [3.63, 3.8) is 0 Å². The number of sulfonamides is 1. The van der Waals surface area contributed by atoms with E-state index >= 15 is 0 Å². The predicted octanol–water partition coefficient (Wildman–Crippen LogP) is 1.23. The Hall–Kier alpha value is -1.70. The van der Waals surface area contributed by atoms with E-state index in [9.17, 15) is 8.42 Å². The standard InChI is InChI=1S/C13H17N3O3S/c1-9-4-3-5-11(16-9)8-15-20(17,18)13-6-12(7-14)19-10(13)2/h3-6,15H,7-8,14H2,1-2H3. The van der Waals surface area contributed by atoms with Gasteiger partial charge in [-0.3, -0.25) is 4.98 Å². The first-order chi connectivity index (χ1) is 9.42. The van der Waals surface area contributed by atoms with Gasteiger partial charge in [-0.2, -0.15) is 0 Å². The zero-order valence-electron chi connectivity index (χ0n) is 11.4. The molecule has 0 bridgehead atoms. The molecule has 0 saturated carbocycles. The van der Waals surface area contributed by atoms with Gasteiger partial charge in [-0.25, -0.2) is 13.1 Å². The maximum absolute atomic E-state index is 12.2. The van der Waals surface area contributed by atoms with Crippen LogP contribution in [-0.2, 0) is 23.1 Å². The first-order valence-electron chi connectivity index (χ1n) is 6.14. The molecule has 0 radical (unpaired) electrons. The molecule has 0 aliphatic carbocycles. The number of furan rings is 1. The number of nitrogens with one attached hydrogen (secondary N) is 1. The Kier molecular flexibility index (Phi) is 4.22. The molecule has 108 valence electrons. The highest BCUT2D eigenvalue weighted by Crippen LogP contribution is 2.19. The normalized spacial score (nSPS) is 11.8. The molecule has 6 nitrogen and oxygen atoms in total. The van der Waals surface area contributed by atoms with Crippen LogP contribution in [0.15, 0.2) is 33.6 Å². The van der Waals surface area contributed by atoms with Crippen molar-refractivity contribution in [1.82, 2.24) is 9.71 Å². The van der Waals surface area contributed by atoms with Crippen LogP contribution >= 0.6 is 0 Å². The summed E-state index contributed by atoms with van der Waals surface area (Å²) in [6, 6.07) is 6.90. The lowest BCUT2D eigenvalue weighted by molar-refractivity contribution is 0.478. The molecular formula is C13H17N3O3S. The van der Waals surface area contributed by atoms with Crippen molar-refractivity contribution in [3.8, 4) is 0 Å². The molecule has 2 aromatic heterocycles. The third-order valence-electron chi connectivity index (χ3n) is 2.80. The summed E-state index contributed by atoms with van der Waals surface area (Å²) in [5.74, 6) is 0.770. The molecule has 0 aliphatic heterocycles. The van der Waals surface area contributed by atoms with Crippen molar-refractivity contribution in [1.29, 1.82) is 0 Å². The van der Waals surface area contributed by atoms with Gasteiger partial charge in [-0.1, -0.05) is 6.07 Å². The number of nitrogens with two attached hydrogens (primary N) is 1. The number of pyridine rings is 1. The van der Waals surface area contributed by atoms with Gasteiger partial charge in [0.2, 0.25) is 10.0 Å². The van der Waals surface area contributed by atoms with Crippen LogP contribution in [0, 0.1) is 13.8 Å². The van der Waals surface area contributed by atoms with Gasteiger partial charge < -0.3 is 10.2 Å². The molecule has 0 saturated heterocycles. The van der Waals surface area contributed by atoms with E-state index in [-0.39, 0.29) is 18.0 Å². The predicted molar refractivity (Wildman–Crippen MR) is 74.3 cm³/mol. The van der Waals surface area contributed by atoms with E-state index in [1.807, 2.05) is 19.1 Å². The van der Waals surface area contributed by atoms with E-state index in [1.54, 1.807) is 13.0 Å². The van der Waals surface area contributed by atoms with Crippen molar-refractivity contribution in [2.75, 3.05) is 0 Å². The molecule has 20 heavy (non-hydrogen) atoms. The SMILES string of the molecule is Cc1cccc(CNS(=O)(=O)c2cc(CN)oc2C)n1. The Labute approximate surface area is 118 Å². The molecule has 0 fully saturated rings. The van der Waals surface area contributed by atoms with E-state index in [0.717, 1.165) is 5.69 Å². The zero-order chi connectivity index (χ0) is 14.8. The third-order valence-corrected chi connectivity index (χ3v) is 4.31. The smallest absolute Gasteiger partial charge is 0.244 e. The largest absolute Gasteiger partial charge is 0.464 e. The van der Waals surface area contributed by atoms with Crippen LogP contribution < -0.4 is 10.5 Å². The summed E-state index contributed by atoms with van der Waals surface area (Å²) in [5, 5.41) is 0. The second-order valence-corrected chi connectivity index (χ2v) is 6.17. The van der Waals surface area contributed by atoms with Gasteiger partial charge in [0.05, 0.1) is 18.8 Å². The van der Waals surface area contributed by atoms with E-state index in [0.29, 0.717) is 17.2 Å². The molecule has 0 unspecified atom stereocenters. The van der Waals surface area contributed by atoms with Gasteiger partial charge in [0.25, 0.3) is 0 Å². The maximum Gasteiger partial charge on any atom is 0.244 e. The number of aryl methyl sites for hydroxylation is 2. The van der Waals surface area contributed by atoms with Crippen molar-refractivity contribution in [3.05, 3.63) is 47.2 Å². The van der Waals surface area contributed by atoms with Crippen LogP contribution in [0.4, 0.5) is 0 Å². The fraction of sp³-hybridized carbons (Fsp3) is 0.308. The monoisotopic (exact) mass is 295 g/mol. The van der Waals surface area contributed by atoms with Gasteiger partial charge in [0.1, 0.15) is 16.4 Å².